The van der Waals surface area contributed by atoms with E-state index >= 15 is 0 Å². The van der Waals surface area contributed by atoms with E-state index in [0.29, 0.717) is 5.69 Å². The molecule has 2 aromatic rings. The molecule has 134 valence electrons. The van der Waals surface area contributed by atoms with Crippen molar-refractivity contribution >= 4 is 23.5 Å². The van der Waals surface area contributed by atoms with E-state index in [9.17, 15) is 14.4 Å². The van der Waals surface area contributed by atoms with Crippen LogP contribution in [0.15, 0.2) is 54.6 Å². The number of esters is 1. The lowest BCUT2D eigenvalue weighted by Gasteiger charge is -2.18. The van der Waals surface area contributed by atoms with Gasteiger partial charge in [-0.05, 0) is 37.1 Å². The number of rotatable bonds is 6. The van der Waals surface area contributed by atoms with Gasteiger partial charge < -0.3 is 15.0 Å². The Bertz CT molecular complexity index is 816. The Morgan fingerprint density at radius 2 is 1.62 bits per heavy atom. The van der Waals surface area contributed by atoms with Crippen molar-refractivity contribution in [3.05, 3.63) is 65.7 Å². The van der Waals surface area contributed by atoms with Gasteiger partial charge in [-0.2, -0.15) is 0 Å². The van der Waals surface area contributed by atoms with E-state index in [4.69, 9.17) is 4.74 Å². The molecule has 0 unspecified atom stereocenters. The van der Waals surface area contributed by atoms with Crippen LogP contribution in [0.3, 0.4) is 0 Å². The SMILES string of the molecule is CN(C(=O)c1ccccc1C(=O)OCC(=O)NC1CC1)c1ccccc1. The fourth-order valence-electron chi connectivity index (χ4n) is 2.50. The highest BCUT2D eigenvalue weighted by Gasteiger charge is 2.25. The minimum Gasteiger partial charge on any atom is -0.452 e. The number of hydrogen-bond acceptors (Lipinski definition) is 4. The van der Waals surface area contributed by atoms with Crippen LogP contribution in [0.5, 0.6) is 0 Å². The molecule has 0 saturated heterocycles. The number of anilines is 1. The van der Waals surface area contributed by atoms with Crippen molar-refractivity contribution in [3.8, 4) is 0 Å². The van der Waals surface area contributed by atoms with Crippen molar-refractivity contribution in [3.63, 3.8) is 0 Å². The number of carbonyl (C=O) groups is 3. The second-order valence-electron chi connectivity index (χ2n) is 6.16. The quantitative estimate of drug-likeness (QED) is 0.810. The highest BCUT2D eigenvalue weighted by molar-refractivity contribution is 6.12. The number of nitrogens with zero attached hydrogens (tertiary/aromatic N) is 1. The monoisotopic (exact) mass is 352 g/mol. The normalized spacial score (nSPS) is 13.0. The van der Waals surface area contributed by atoms with Gasteiger partial charge in [-0.25, -0.2) is 4.79 Å². The second-order valence-corrected chi connectivity index (χ2v) is 6.16. The molecule has 1 N–H and O–H groups in total. The lowest BCUT2D eigenvalue weighted by Crippen LogP contribution is -2.31. The van der Waals surface area contributed by atoms with Crippen LogP contribution < -0.4 is 10.2 Å². The molecule has 1 aliphatic carbocycles. The van der Waals surface area contributed by atoms with Gasteiger partial charge in [0.1, 0.15) is 0 Å². The number of carbonyl (C=O) groups excluding carboxylic acids is 3. The third-order valence-electron chi connectivity index (χ3n) is 4.10. The molecule has 2 amide bonds. The maximum Gasteiger partial charge on any atom is 0.339 e. The maximum atomic E-state index is 12.8. The highest BCUT2D eigenvalue weighted by atomic mass is 16.5. The molecular weight excluding hydrogens is 332 g/mol. The van der Waals surface area contributed by atoms with Crippen LogP contribution in [-0.2, 0) is 9.53 Å². The Hall–Kier alpha value is -3.15. The number of ether oxygens (including phenoxy) is 1. The average molecular weight is 352 g/mol. The minimum absolute atomic E-state index is 0.138. The van der Waals surface area contributed by atoms with Crippen LogP contribution >= 0.6 is 0 Å². The zero-order valence-electron chi connectivity index (χ0n) is 14.5. The number of hydrogen-bond donors (Lipinski definition) is 1. The Labute approximate surface area is 151 Å². The summed E-state index contributed by atoms with van der Waals surface area (Å²) in [6.45, 7) is -0.355. The van der Waals surface area contributed by atoms with Crippen molar-refractivity contribution in [2.24, 2.45) is 0 Å². The third kappa shape index (κ3) is 4.27. The largest absolute Gasteiger partial charge is 0.452 e. The van der Waals surface area contributed by atoms with Gasteiger partial charge in [0.2, 0.25) is 0 Å². The van der Waals surface area contributed by atoms with Gasteiger partial charge in [0.05, 0.1) is 11.1 Å². The molecule has 0 aromatic heterocycles. The van der Waals surface area contributed by atoms with Gasteiger partial charge in [0.25, 0.3) is 11.8 Å². The lowest BCUT2D eigenvalue weighted by atomic mass is 10.1. The van der Waals surface area contributed by atoms with Crippen molar-refractivity contribution in [2.45, 2.75) is 18.9 Å². The summed E-state index contributed by atoms with van der Waals surface area (Å²) in [4.78, 5) is 38.3. The van der Waals surface area contributed by atoms with E-state index in [1.54, 1.807) is 37.4 Å². The van der Waals surface area contributed by atoms with Crippen LogP contribution in [0.25, 0.3) is 0 Å². The Balaban J connectivity index is 1.71. The maximum absolute atomic E-state index is 12.8. The summed E-state index contributed by atoms with van der Waals surface area (Å²) in [5, 5.41) is 2.75. The van der Waals surface area contributed by atoms with E-state index < -0.39 is 5.97 Å². The van der Waals surface area contributed by atoms with E-state index in [1.807, 2.05) is 18.2 Å². The number of para-hydroxylation sites is 1. The second kappa shape index (κ2) is 7.82. The van der Waals surface area contributed by atoms with Crippen LogP contribution in [0.4, 0.5) is 5.69 Å². The molecule has 0 atom stereocenters. The average Bonchev–Trinajstić information content (AvgIpc) is 3.49. The third-order valence-corrected chi connectivity index (χ3v) is 4.10. The lowest BCUT2D eigenvalue weighted by molar-refractivity contribution is -0.124. The predicted octanol–water partition coefficient (Wildman–Crippen LogP) is 2.40. The smallest absolute Gasteiger partial charge is 0.339 e. The topological polar surface area (TPSA) is 75.7 Å². The number of nitrogens with one attached hydrogen (secondary N) is 1. The molecular formula is C20H20N2O4. The molecule has 26 heavy (non-hydrogen) atoms. The van der Waals surface area contributed by atoms with Crippen LogP contribution in [0, 0.1) is 0 Å². The Kier molecular flexibility index (Phi) is 5.31. The first-order chi connectivity index (χ1) is 12.6. The summed E-state index contributed by atoms with van der Waals surface area (Å²) in [6, 6.07) is 15.8. The summed E-state index contributed by atoms with van der Waals surface area (Å²) >= 11 is 0. The molecule has 1 saturated carbocycles. The van der Waals surface area contributed by atoms with E-state index in [0.717, 1.165) is 12.8 Å². The molecule has 0 spiro atoms. The molecule has 6 nitrogen and oxygen atoms in total. The van der Waals surface area contributed by atoms with Crippen LogP contribution in [0.2, 0.25) is 0 Å². The summed E-state index contributed by atoms with van der Waals surface area (Å²) in [7, 11) is 1.64. The van der Waals surface area contributed by atoms with Gasteiger partial charge in [0, 0.05) is 18.8 Å². The van der Waals surface area contributed by atoms with Gasteiger partial charge in [-0.1, -0.05) is 30.3 Å². The molecule has 0 radical (unpaired) electrons. The molecule has 1 fully saturated rings. The number of amides is 2. The Morgan fingerprint density at radius 3 is 2.27 bits per heavy atom. The zero-order chi connectivity index (χ0) is 18.5. The molecule has 0 aliphatic heterocycles. The molecule has 2 aromatic carbocycles. The van der Waals surface area contributed by atoms with Crippen molar-refractivity contribution in [1.29, 1.82) is 0 Å². The summed E-state index contributed by atoms with van der Waals surface area (Å²) < 4.78 is 5.07. The first-order valence-corrected chi connectivity index (χ1v) is 8.45. The fourth-order valence-corrected chi connectivity index (χ4v) is 2.50. The summed E-state index contributed by atoms with van der Waals surface area (Å²) in [5.74, 6) is -1.35. The van der Waals surface area contributed by atoms with Gasteiger partial charge in [-0.3, -0.25) is 9.59 Å². The molecule has 0 heterocycles. The van der Waals surface area contributed by atoms with E-state index in [-0.39, 0.29) is 35.6 Å². The van der Waals surface area contributed by atoms with Gasteiger partial charge >= 0.3 is 5.97 Å². The van der Waals surface area contributed by atoms with Crippen LogP contribution in [0.1, 0.15) is 33.6 Å². The predicted molar refractivity (Wildman–Crippen MR) is 97.1 cm³/mol. The number of benzene rings is 2. The summed E-state index contributed by atoms with van der Waals surface area (Å²) in [5.41, 5.74) is 1.08. The van der Waals surface area contributed by atoms with Gasteiger partial charge in [-0.15, -0.1) is 0 Å². The van der Waals surface area contributed by atoms with E-state index in [1.165, 1.54) is 11.0 Å². The molecule has 0 bridgehead atoms. The minimum atomic E-state index is -0.693. The van der Waals surface area contributed by atoms with Crippen molar-refractivity contribution < 1.29 is 19.1 Å². The zero-order valence-corrected chi connectivity index (χ0v) is 14.5. The van der Waals surface area contributed by atoms with Gasteiger partial charge in [0.15, 0.2) is 6.61 Å². The fraction of sp³-hybridized carbons (Fsp3) is 0.250. The molecule has 6 heteroatoms. The molecule has 1 aliphatic rings. The summed E-state index contributed by atoms with van der Waals surface area (Å²) in [6.07, 6.45) is 1.92. The van der Waals surface area contributed by atoms with Crippen LogP contribution in [-0.4, -0.2) is 37.5 Å². The first-order valence-electron chi connectivity index (χ1n) is 8.45. The highest BCUT2D eigenvalue weighted by Crippen LogP contribution is 2.19. The first kappa shape index (κ1) is 17.7. The van der Waals surface area contributed by atoms with Crippen molar-refractivity contribution in [2.75, 3.05) is 18.6 Å². The van der Waals surface area contributed by atoms with Crippen molar-refractivity contribution in [1.82, 2.24) is 5.32 Å². The standard InChI is InChI=1S/C20H20N2O4/c1-22(15-7-3-2-4-8-15)19(24)16-9-5-6-10-17(16)20(25)26-13-18(23)21-14-11-12-14/h2-10,14H,11-13H2,1H3,(H,21,23). The molecule has 3 rings (SSSR count). The Morgan fingerprint density at radius 1 is 1.00 bits per heavy atom. The van der Waals surface area contributed by atoms with E-state index in [2.05, 4.69) is 5.32 Å².